The molecule has 174 valence electrons. The minimum atomic E-state index is -0.0825. The number of aromatic nitrogens is 1. The molecule has 0 atom stereocenters. The van der Waals surface area contributed by atoms with Crippen molar-refractivity contribution in [2.45, 2.75) is 18.3 Å². The van der Waals surface area contributed by atoms with Crippen molar-refractivity contribution in [1.29, 1.82) is 5.26 Å². The van der Waals surface area contributed by atoms with Crippen molar-refractivity contribution >= 4 is 22.6 Å². The van der Waals surface area contributed by atoms with Crippen molar-refractivity contribution in [2.75, 3.05) is 25.0 Å². The molecule has 0 bridgehead atoms. The van der Waals surface area contributed by atoms with Crippen molar-refractivity contribution < 1.29 is 4.74 Å². The summed E-state index contributed by atoms with van der Waals surface area (Å²) < 4.78 is 5.97. The SMILES string of the molecule is N#CN=C(Oc1ccccc1)N1CCC(CNc2nccc3ccccc23)(c2ccccc2)CC1. The fourth-order valence-electron chi connectivity index (χ4n) is 4.79. The average Bonchev–Trinajstić information content (AvgIpc) is 2.93. The van der Waals surface area contributed by atoms with E-state index in [1.807, 2.05) is 60.9 Å². The number of nitrogens with zero attached hydrogens (tertiary/aromatic N) is 4. The minimum absolute atomic E-state index is 0.0825. The molecule has 2 heterocycles. The topological polar surface area (TPSA) is 73.5 Å². The van der Waals surface area contributed by atoms with Gasteiger partial charge in [0.05, 0.1) is 0 Å². The summed E-state index contributed by atoms with van der Waals surface area (Å²) in [4.78, 5) is 10.7. The summed E-state index contributed by atoms with van der Waals surface area (Å²) in [5, 5.41) is 15.2. The quantitative estimate of drug-likeness (QED) is 0.238. The highest BCUT2D eigenvalue weighted by atomic mass is 16.5. The Labute approximate surface area is 205 Å². The summed E-state index contributed by atoms with van der Waals surface area (Å²) in [5.41, 5.74) is 1.22. The van der Waals surface area contributed by atoms with E-state index in [0.29, 0.717) is 11.8 Å². The predicted molar refractivity (Wildman–Crippen MR) is 139 cm³/mol. The molecule has 1 aliphatic heterocycles. The van der Waals surface area contributed by atoms with E-state index in [4.69, 9.17) is 4.74 Å². The van der Waals surface area contributed by atoms with Crippen LogP contribution in [0.1, 0.15) is 18.4 Å². The Morgan fingerprint density at radius 2 is 1.63 bits per heavy atom. The Morgan fingerprint density at radius 3 is 2.37 bits per heavy atom. The summed E-state index contributed by atoms with van der Waals surface area (Å²) in [6, 6.07) is 30.8. The molecule has 6 heteroatoms. The molecular weight excluding hydrogens is 434 g/mol. The second-order valence-corrected chi connectivity index (χ2v) is 8.78. The Hall–Kier alpha value is -4.37. The van der Waals surface area contributed by atoms with Crippen LogP contribution in [-0.4, -0.2) is 35.5 Å². The molecule has 0 amide bonds. The lowest BCUT2D eigenvalue weighted by Gasteiger charge is -2.43. The van der Waals surface area contributed by atoms with E-state index in [1.54, 1.807) is 0 Å². The van der Waals surface area contributed by atoms with E-state index in [1.165, 1.54) is 10.9 Å². The largest absolute Gasteiger partial charge is 0.425 e. The van der Waals surface area contributed by atoms with Crippen LogP contribution in [0.2, 0.25) is 0 Å². The molecule has 0 spiro atoms. The normalized spacial score (nSPS) is 15.4. The number of aliphatic imine (C=N–C) groups is 1. The molecule has 1 saturated heterocycles. The standard InChI is InChI=1S/C29H27N5O/c30-22-33-28(35-25-12-5-2-6-13-25)34-19-16-29(17-20-34,24-10-3-1-4-11-24)21-32-27-26-14-8-7-9-23(26)15-18-31-27/h1-15,18H,16-17,19-21H2,(H,31,32). The van der Waals surface area contributed by atoms with Gasteiger partial charge in [-0.25, -0.2) is 4.98 Å². The van der Waals surface area contributed by atoms with E-state index in [0.717, 1.165) is 43.7 Å². The molecule has 1 N–H and O–H groups in total. The van der Waals surface area contributed by atoms with Gasteiger partial charge in [-0.2, -0.15) is 5.26 Å². The molecule has 4 aromatic rings. The lowest BCUT2D eigenvalue weighted by atomic mass is 9.72. The number of amidine groups is 1. The number of piperidine rings is 1. The lowest BCUT2D eigenvalue weighted by molar-refractivity contribution is 0.212. The van der Waals surface area contributed by atoms with Gasteiger partial charge in [-0.3, -0.25) is 0 Å². The zero-order valence-corrected chi connectivity index (χ0v) is 19.5. The monoisotopic (exact) mass is 461 g/mol. The fraction of sp³-hybridized carbons (Fsp3) is 0.207. The summed E-state index contributed by atoms with van der Waals surface area (Å²) in [6.45, 7) is 2.22. The van der Waals surface area contributed by atoms with Crippen LogP contribution in [0.25, 0.3) is 10.8 Å². The first-order valence-corrected chi connectivity index (χ1v) is 11.9. The summed E-state index contributed by atoms with van der Waals surface area (Å²) in [5.74, 6) is 1.57. The zero-order chi connectivity index (χ0) is 23.9. The van der Waals surface area contributed by atoms with Crippen LogP contribution >= 0.6 is 0 Å². The van der Waals surface area contributed by atoms with Crippen LogP contribution in [0.5, 0.6) is 5.75 Å². The second kappa shape index (κ2) is 10.3. The van der Waals surface area contributed by atoms with Gasteiger partial charge >= 0.3 is 6.02 Å². The molecule has 0 aliphatic carbocycles. The smallest absolute Gasteiger partial charge is 0.308 e. The molecule has 1 fully saturated rings. The van der Waals surface area contributed by atoms with Gasteiger partial charge in [0.2, 0.25) is 6.19 Å². The average molecular weight is 462 g/mol. The van der Waals surface area contributed by atoms with Gasteiger partial charge in [0.25, 0.3) is 0 Å². The van der Waals surface area contributed by atoms with E-state index in [9.17, 15) is 5.26 Å². The number of nitriles is 1. The number of hydrogen-bond donors (Lipinski definition) is 1. The Balaban J connectivity index is 1.37. The number of pyridine rings is 1. The van der Waals surface area contributed by atoms with E-state index in [-0.39, 0.29) is 5.41 Å². The van der Waals surface area contributed by atoms with Crippen LogP contribution < -0.4 is 10.1 Å². The maximum absolute atomic E-state index is 9.26. The van der Waals surface area contributed by atoms with E-state index >= 15 is 0 Å². The van der Waals surface area contributed by atoms with Gasteiger partial charge in [-0.15, -0.1) is 4.99 Å². The molecule has 0 saturated carbocycles. The summed E-state index contributed by atoms with van der Waals surface area (Å²) in [7, 11) is 0. The number of anilines is 1. The van der Waals surface area contributed by atoms with Crippen molar-refractivity contribution in [3.8, 4) is 11.9 Å². The van der Waals surface area contributed by atoms with Crippen LogP contribution in [0.15, 0.2) is 102 Å². The third-order valence-electron chi connectivity index (χ3n) is 6.74. The molecular formula is C29H27N5O. The Morgan fingerprint density at radius 1 is 0.943 bits per heavy atom. The van der Waals surface area contributed by atoms with E-state index < -0.39 is 0 Å². The number of hydrogen-bond acceptors (Lipinski definition) is 5. The molecule has 1 aliphatic rings. The molecule has 0 unspecified atom stereocenters. The van der Waals surface area contributed by atoms with Gasteiger partial charge in [0, 0.05) is 36.6 Å². The highest BCUT2D eigenvalue weighted by Gasteiger charge is 2.37. The van der Waals surface area contributed by atoms with Gasteiger partial charge in [0.1, 0.15) is 11.6 Å². The molecule has 6 nitrogen and oxygen atoms in total. The number of likely N-dealkylation sites (tertiary alicyclic amines) is 1. The maximum atomic E-state index is 9.26. The first kappa shape index (κ1) is 22.4. The molecule has 35 heavy (non-hydrogen) atoms. The molecule has 3 aromatic carbocycles. The van der Waals surface area contributed by atoms with Crippen molar-refractivity contribution in [2.24, 2.45) is 4.99 Å². The number of nitrogens with one attached hydrogen (secondary N) is 1. The molecule has 1 aromatic heterocycles. The maximum Gasteiger partial charge on any atom is 0.308 e. The fourth-order valence-corrected chi connectivity index (χ4v) is 4.79. The van der Waals surface area contributed by atoms with Crippen molar-refractivity contribution in [1.82, 2.24) is 9.88 Å². The Bertz CT molecular complexity index is 1330. The van der Waals surface area contributed by atoms with Crippen molar-refractivity contribution in [3.63, 3.8) is 0 Å². The van der Waals surface area contributed by atoms with E-state index in [2.05, 4.69) is 62.7 Å². The Kier molecular flexibility index (Phi) is 6.58. The number of ether oxygens (including phenoxy) is 1. The van der Waals surface area contributed by atoms with Crippen LogP contribution in [0.4, 0.5) is 5.82 Å². The summed E-state index contributed by atoms with van der Waals surface area (Å²) >= 11 is 0. The predicted octanol–water partition coefficient (Wildman–Crippen LogP) is 5.60. The highest BCUT2D eigenvalue weighted by molar-refractivity contribution is 5.91. The van der Waals surface area contributed by atoms with Gasteiger partial charge in [-0.05, 0) is 42.0 Å². The molecule has 0 radical (unpaired) electrons. The van der Waals surface area contributed by atoms with Gasteiger partial charge in [0.15, 0.2) is 0 Å². The number of para-hydroxylation sites is 1. The van der Waals surface area contributed by atoms with Crippen LogP contribution in [-0.2, 0) is 5.41 Å². The number of fused-ring (bicyclic) bond motifs is 1. The van der Waals surface area contributed by atoms with Gasteiger partial charge in [-0.1, -0.05) is 72.8 Å². The number of benzene rings is 3. The lowest BCUT2D eigenvalue weighted by Crippen LogP contribution is -2.49. The third kappa shape index (κ3) is 4.95. The number of rotatable bonds is 5. The van der Waals surface area contributed by atoms with Crippen LogP contribution in [0, 0.1) is 11.5 Å². The third-order valence-corrected chi connectivity index (χ3v) is 6.74. The minimum Gasteiger partial charge on any atom is -0.425 e. The van der Waals surface area contributed by atoms with Crippen LogP contribution in [0.3, 0.4) is 0 Å². The zero-order valence-electron chi connectivity index (χ0n) is 19.5. The summed E-state index contributed by atoms with van der Waals surface area (Å²) in [6.07, 6.45) is 5.53. The second-order valence-electron chi connectivity index (χ2n) is 8.78. The van der Waals surface area contributed by atoms with Gasteiger partial charge < -0.3 is 15.0 Å². The van der Waals surface area contributed by atoms with Crippen molar-refractivity contribution in [3.05, 3.63) is 103 Å². The molecule has 5 rings (SSSR count). The first-order valence-electron chi connectivity index (χ1n) is 11.9. The first-order chi connectivity index (χ1) is 17.3. The highest BCUT2D eigenvalue weighted by Crippen LogP contribution is 2.36.